The molecule has 0 aromatic heterocycles. The van der Waals surface area contributed by atoms with Crippen molar-refractivity contribution in [1.29, 1.82) is 0 Å². The van der Waals surface area contributed by atoms with Gasteiger partial charge in [0.2, 0.25) is 0 Å². The Hall–Kier alpha value is -2.79. The molecule has 0 saturated heterocycles. The van der Waals surface area contributed by atoms with Gasteiger partial charge in [-0.05, 0) is 66.1 Å². The number of carbonyl (C=O) groups is 1. The molecule has 1 N–H and O–H groups in total. The highest BCUT2D eigenvalue weighted by molar-refractivity contribution is 9.10. The summed E-state index contributed by atoms with van der Waals surface area (Å²) in [7, 11) is 1.65. The molecular formula is C23H22BrNO3. The Morgan fingerprint density at radius 2 is 1.46 bits per heavy atom. The molecule has 3 rings (SSSR count). The Kier molecular flexibility index (Phi) is 7.09. The number of halogens is 1. The predicted octanol–water partition coefficient (Wildman–Crippen LogP) is 5.01. The van der Waals surface area contributed by atoms with E-state index in [4.69, 9.17) is 9.47 Å². The van der Waals surface area contributed by atoms with Crippen molar-refractivity contribution < 1.29 is 14.3 Å². The minimum absolute atomic E-state index is 0.0751. The zero-order valence-corrected chi connectivity index (χ0v) is 17.2. The van der Waals surface area contributed by atoms with Crippen LogP contribution in [-0.4, -0.2) is 19.6 Å². The van der Waals surface area contributed by atoms with Crippen LogP contribution in [0.25, 0.3) is 0 Å². The van der Waals surface area contributed by atoms with E-state index in [-0.39, 0.29) is 5.91 Å². The van der Waals surface area contributed by atoms with E-state index in [9.17, 15) is 4.79 Å². The summed E-state index contributed by atoms with van der Waals surface area (Å²) in [4.78, 5) is 12.3. The van der Waals surface area contributed by atoms with Crippen LogP contribution >= 0.6 is 15.9 Å². The fraction of sp³-hybridized carbons (Fsp3) is 0.174. The maximum Gasteiger partial charge on any atom is 0.251 e. The van der Waals surface area contributed by atoms with E-state index < -0.39 is 0 Å². The third kappa shape index (κ3) is 5.86. The lowest BCUT2D eigenvalue weighted by Gasteiger charge is -2.08. The summed E-state index contributed by atoms with van der Waals surface area (Å²) in [6, 6.07) is 23.0. The molecule has 28 heavy (non-hydrogen) atoms. The molecule has 0 heterocycles. The fourth-order valence-electron chi connectivity index (χ4n) is 2.66. The fourth-order valence-corrected chi connectivity index (χ4v) is 2.93. The molecule has 0 unspecified atom stereocenters. The topological polar surface area (TPSA) is 47.6 Å². The van der Waals surface area contributed by atoms with Gasteiger partial charge in [-0.25, -0.2) is 0 Å². The van der Waals surface area contributed by atoms with Crippen LogP contribution in [0.5, 0.6) is 11.5 Å². The molecule has 0 atom stereocenters. The first kappa shape index (κ1) is 20.0. The average molecular weight is 440 g/mol. The maximum absolute atomic E-state index is 12.3. The molecule has 0 spiro atoms. The van der Waals surface area contributed by atoms with Gasteiger partial charge in [0.15, 0.2) is 0 Å². The second kappa shape index (κ2) is 9.95. The minimum atomic E-state index is -0.0751. The number of amides is 1. The smallest absolute Gasteiger partial charge is 0.251 e. The van der Waals surface area contributed by atoms with Crippen molar-refractivity contribution in [2.75, 3.05) is 13.7 Å². The summed E-state index contributed by atoms with van der Waals surface area (Å²) in [6.07, 6.45) is 0.773. The number of ether oxygens (including phenoxy) is 2. The molecule has 0 aliphatic carbocycles. The lowest BCUT2D eigenvalue weighted by atomic mass is 10.1. The molecule has 0 aliphatic rings. The van der Waals surface area contributed by atoms with Crippen LogP contribution in [0.15, 0.2) is 77.3 Å². The van der Waals surface area contributed by atoms with Crippen molar-refractivity contribution in [3.63, 3.8) is 0 Å². The van der Waals surface area contributed by atoms with Gasteiger partial charge in [-0.15, -0.1) is 0 Å². The van der Waals surface area contributed by atoms with Gasteiger partial charge < -0.3 is 14.8 Å². The van der Waals surface area contributed by atoms with Crippen LogP contribution in [0.1, 0.15) is 21.5 Å². The van der Waals surface area contributed by atoms with Gasteiger partial charge in [-0.2, -0.15) is 0 Å². The zero-order chi connectivity index (χ0) is 19.8. The highest BCUT2D eigenvalue weighted by Crippen LogP contribution is 2.17. The lowest BCUT2D eigenvalue weighted by molar-refractivity contribution is 0.0954. The Balaban J connectivity index is 1.45. The van der Waals surface area contributed by atoms with Crippen molar-refractivity contribution in [1.82, 2.24) is 5.32 Å². The van der Waals surface area contributed by atoms with Crippen molar-refractivity contribution in [2.24, 2.45) is 0 Å². The van der Waals surface area contributed by atoms with Crippen molar-refractivity contribution in [3.8, 4) is 11.5 Å². The van der Waals surface area contributed by atoms with E-state index in [1.165, 1.54) is 0 Å². The molecule has 3 aromatic carbocycles. The molecule has 0 aliphatic heterocycles. The minimum Gasteiger partial charge on any atom is -0.497 e. The molecule has 0 radical (unpaired) electrons. The first-order valence-electron chi connectivity index (χ1n) is 9.02. The number of benzene rings is 3. The van der Waals surface area contributed by atoms with E-state index in [1.54, 1.807) is 7.11 Å². The molecule has 1 amide bonds. The Morgan fingerprint density at radius 1 is 0.857 bits per heavy atom. The zero-order valence-electron chi connectivity index (χ0n) is 15.7. The van der Waals surface area contributed by atoms with Crippen LogP contribution < -0.4 is 14.8 Å². The second-order valence-corrected chi connectivity index (χ2v) is 7.21. The average Bonchev–Trinajstić information content (AvgIpc) is 2.74. The second-order valence-electron chi connectivity index (χ2n) is 6.29. The summed E-state index contributed by atoms with van der Waals surface area (Å²) < 4.78 is 11.9. The molecule has 4 nitrogen and oxygen atoms in total. The van der Waals surface area contributed by atoms with Crippen molar-refractivity contribution >= 4 is 21.8 Å². The van der Waals surface area contributed by atoms with Crippen molar-refractivity contribution in [2.45, 2.75) is 13.0 Å². The Bertz CT molecular complexity index is 891. The summed E-state index contributed by atoms with van der Waals surface area (Å²) in [5.74, 6) is 1.56. The summed E-state index contributed by atoms with van der Waals surface area (Å²) >= 11 is 3.40. The molecular weight excluding hydrogens is 418 g/mol. The normalized spacial score (nSPS) is 10.4. The Morgan fingerprint density at radius 3 is 2.11 bits per heavy atom. The van der Waals surface area contributed by atoms with Crippen LogP contribution in [-0.2, 0) is 13.0 Å². The first-order chi connectivity index (χ1) is 13.6. The predicted molar refractivity (Wildman–Crippen MR) is 114 cm³/mol. The monoisotopic (exact) mass is 439 g/mol. The van der Waals surface area contributed by atoms with Crippen LogP contribution in [0.4, 0.5) is 0 Å². The third-order valence-electron chi connectivity index (χ3n) is 4.29. The lowest BCUT2D eigenvalue weighted by Crippen LogP contribution is -2.25. The largest absolute Gasteiger partial charge is 0.497 e. The molecule has 5 heteroatoms. The van der Waals surface area contributed by atoms with Gasteiger partial charge >= 0.3 is 0 Å². The van der Waals surface area contributed by atoms with Crippen LogP contribution in [0.2, 0.25) is 0 Å². The Labute approximate surface area is 173 Å². The molecule has 144 valence electrons. The summed E-state index contributed by atoms with van der Waals surface area (Å²) in [6.45, 7) is 1.04. The molecule has 3 aromatic rings. The van der Waals surface area contributed by atoms with E-state index in [1.807, 2.05) is 72.8 Å². The number of carbonyl (C=O) groups excluding carboxylic acids is 1. The number of methoxy groups -OCH3 is 1. The number of nitrogens with one attached hydrogen (secondary N) is 1. The third-order valence-corrected chi connectivity index (χ3v) is 4.82. The van der Waals surface area contributed by atoms with Crippen molar-refractivity contribution in [3.05, 3.63) is 94.0 Å². The van der Waals surface area contributed by atoms with Gasteiger partial charge in [0, 0.05) is 16.6 Å². The highest BCUT2D eigenvalue weighted by atomic mass is 79.9. The quantitative estimate of drug-likeness (QED) is 0.536. The number of hydrogen-bond acceptors (Lipinski definition) is 3. The maximum atomic E-state index is 12.3. The van der Waals surface area contributed by atoms with E-state index >= 15 is 0 Å². The van der Waals surface area contributed by atoms with Gasteiger partial charge in [-0.3, -0.25) is 4.79 Å². The molecule has 0 fully saturated rings. The van der Waals surface area contributed by atoms with Gasteiger partial charge in [0.1, 0.15) is 18.1 Å². The van der Waals surface area contributed by atoms with E-state index in [0.29, 0.717) is 18.7 Å². The SMILES string of the molecule is COc1ccc(CCNC(=O)c2ccc(COc3ccc(Br)cc3)cc2)cc1. The molecule has 0 bridgehead atoms. The van der Waals surface area contributed by atoms with Gasteiger partial charge in [0.05, 0.1) is 7.11 Å². The van der Waals surface area contributed by atoms with Crippen LogP contribution in [0.3, 0.4) is 0 Å². The first-order valence-corrected chi connectivity index (χ1v) is 9.82. The highest BCUT2D eigenvalue weighted by Gasteiger charge is 2.05. The number of rotatable bonds is 8. The van der Waals surface area contributed by atoms with E-state index in [2.05, 4.69) is 21.2 Å². The summed E-state index contributed by atoms with van der Waals surface area (Å²) in [5.41, 5.74) is 2.81. The summed E-state index contributed by atoms with van der Waals surface area (Å²) in [5, 5.41) is 2.95. The standard InChI is InChI=1S/C23H22BrNO3/c1-27-21-10-4-17(5-11-21)14-15-25-23(26)19-6-2-18(3-7-19)16-28-22-12-8-20(24)9-13-22/h2-13H,14-16H2,1H3,(H,25,26). The molecule has 0 saturated carbocycles. The number of hydrogen-bond donors (Lipinski definition) is 1. The van der Waals surface area contributed by atoms with Gasteiger partial charge in [-0.1, -0.05) is 40.2 Å². The van der Waals surface area contributed by atoms with E-state index in [0.717, 1.165) is 33.5 Å². The van der Waals surface area contributed by atoms with Crippen LogP contribution in [0, 0.1) is 0 Å². The van der Waals surface area contributed by atoms with Gasteiger partial charge in [0.25, 0.3) is 5.91 Å².